The molecule has 4 heteroatoms. The highest BCUT2D eigenvalue weighted by Crippen LogP contribution is 2.14. The van der Waals surface area contributed by atoms with Crippen molar-refractivity contribution < 1.29 is 4.79 Å². The first-order chi connectivity index (χ1) is 6.81. The molecule has 80 valence electrons. The van der Waals surface area contributed by atoms with Crippen LogP contribution in [0.5, 0.6) is 0 Å². The van der Waals surface area contributed by atoms with E-state index in [1.54, 1.807) is 0 Å². The first-order valence-electron chi connectivity index (χ1n) is 5.50. The van der Waals surface area contributed by atoms with Crippen molar-refractivity contribution in [3.63, 3.8) is 0 Å². The van der Waals surface area contributed by atoms with Crippen LogP contribution in [0.3, 0.4) is 0 Å². The molecule has 2 aliphatic heterocycles. The third-order valence-electron chi connectivity index (χ3n) is 3.34. The van der Waals surface area contributed by atoms with Gasteiger partial charge in [0.1, 0.15) is 0 Å². The minimum absolute atomic E-state index is 0.126. The number of hydrogen-bond acceptors (Lipinski definition) is 3. The molecule has 0 spiro atoms. The molecule has 2 heterocycles. The summed E-state index contributed by atoms with van der Waals surface area (Å²) in [4.78, 5) is 13.8. The van der Waals surface area contributed by atoms with Crippen LogP contribution in [0.1, 0.15) is 19.3 Å². The van der Waals surface area contributed by atoms with E-state index in [9.17, 15) is 4.79 Å². The summed E-state index contributed by atoms with van der Waals surface area (Å²) in [5, 5.41) is 6.43. The average Bonchev–Trinajstić information content (AvgIpc) is 2.15. The van der Waals surface area contributed by atoms with Crippen LogP contribution in [-0.4, -0.2) is 49.6 Å². The van der Waals surface area contributed by atoms with E-state index in [0.717, 1.165) is 38.9 Å². The number of likely N-dealkylation sites (tertiary alicyclic amines) is 1. The Morgan fingerprint density at radius 1 is 1.36 bits per heavy atom. The van der Waals surface area contributed by atoms with E-state index in [4.69, 9.17) is 0 Å². The molecule has 0 aliphatic carbocycles. The Labute approximate surface area is 85.0 Å². The number of carbonyl (C=O) groups is 1. The summed E-state index contributed by atoms with van der Waals surface area (Å²) in [6, 6.07) is 0.731. The number of nitrogens with one attached hydrogen (secondary N) is 2. The first kappa shape index (κ1) is 9.93. The van der Waals surface area contributed by atoms with Crippen LogP contribution in [0, 0.1) is 0 Å². The molecule has 1 amide bonds. The van der Waals surface area contributed by atoms with Gasteiger partial charge in [0.25, 0.3) is 0 Å². The topological polar surface area (TPSA) is 44.4 Å². The lowest BCUT2D eigenvalue weighted by atomic mass is 10.0. The Balaban J connectivity index is 1.79. The molecule has 0 radical (unpaired) electrons. The summed E-state index contributed by atoms with van der Waals surface area (Å²) in [7, 11) is 2.00. The van der Waals surface area contributed by atoms with Gasteiger partial charge in [-0.05, 0) is 32.9 Å². The van der Waals surface area contributed by atoms with E-state index in [1.807, 2.05) is 11.9 Å². The molecule has 2 aliphatic rings. The van der Waals surface area contributed by atoms with Crippen LogP contribution in [0.25, 0.3) is 0 Å². The van der Waals surface area contributed by atoms with Crippen molar-refractivity contribution in [2.45, 2.75) is 31.3 Å². The minimum atomic E-state index is 0.126. The summed E-state index contributed by atoms with van der Waals surface area (Å²) >= 11 is 0. The molecule has 0 aromatic carbocycles. The SMILES string of the molecule is CNC1CCN(C(=O)[C@H]2CCN2)CC1. The predicted octanol–water partition coefficient (Wildman–Crippen LogP) is -0.441. The van der Waals surface area contributed by atoms with Crippen molar-refractivity contribution in [1.29, 1.82) is 0 Å². The van der Waals surface area contributed by atoms with Gasteiger partial charge in [0, 0.05) is 19.1 Å². The highest BCUT2D eigenvalue weighted by molar-refractivity contribution is 5.82. The number of hydrogen-bond donors (Lipinski definition) is 2. The Kier molecular flexibility index (Phi) is 3.03. The summed E-state index contributed by atoms with van der Waals surface area (Å²) in [6.45, 7) is 2.84. The highest BCUT2D eigenvalue weighted by Gasteiger charge is 2.30. The number of piperidine rings is 1. The minimum Gasteiger partial charge on any atom is -0.341 e. The molecule has 1 atom stereocenters. The van der Waals surface area contributed by atoms with Crippen LogP contribution in [0.15, 0.2) is 0 Å². The van der Waals surface area contributed by atoms with Crippen LogP contribution in [0.4, 0.5) is 0 Å². The van der Waals surface area contributed by atoms with Gasteiger partial charge >= 0.3 is 0 Å². The van der Waals surface area contributed by atoms with E-state index in [1.165, 1.54) is 0 Å². The molecular formula is C10H19N3O. The van der Waals surface area contributed by atoms with Crippen molar-refractivity contribution in [3.05, 3.63) is 0 Å². The quantitative estimate of drug-likeness (QED) is 0.631. The number of nitrogens with zero attached hydrogens (tertiary/aromatic N) is 1. The summed E-state index contributed by atoms with van der Waals surface area (Å²) in [5.74, 6) is 0.311. The molecular weight excluding hydrogens is 178 g/mol. The highest BCUT2D eigenvalue weighted by atomic mass is 16.2. The molecule has 0 bridgehead atoms. The maximum atomic E-state index is 11.8. The molecule has 2 rings (SSSR count). The second-order valence-electron chi connectivity index (χ2n) is 4.18. The van der Waals surface area contributed by atoms with E-state index in [0.29, 0.717) is 11.9 Å². The van der Waals surface area contributed by atoms with E-state index in [-0.39, 0.29) is 6.04 Å². The molecule has 0 unspecified atom stereocenters. The Morgan fingerprint density at radius 2 is 2.00 bits per heavy atom. The van der Waals surface area contributed by atoms with Crippen molar-refractivity contribution >= 4 is 5.91 Å². The van der Waals surface area contributed by atoms with Gasteiger partial charge in [0.15, 0.2) is 0 Å². The van der Waals surface area contributed by atoms with Gasteiger partial charge in [0.05, 0.1) is 6.04 Å². The molecule has 0 aromatic heterocycles. The van der Waals surface area contributed by atoms with Gasteiger partial charge in [0.2, 0.25) is 5.91 Å². The van der Waals surface area contributed by atoms with Crippen molar-refractivity contribution in [3.8, 4) is 0 Å². The van der Waals surface area contributed by atoms with E-state index in [2.05, 4.69) is 10.6 Å². The van der Waals surface area contributed by atoms with Crippen LogP contribution >= 0.6 is 0 Å². The number of carbonyl (C=O) groups excluding carboxylic acids is 1. The Hall–Kier alpha value is -0.610. The monoisotopic (exact) mass is 197 g/mol. The molecule has 2 fully saturated rings. The molecule has 14 heavy (non-hydrogen) atoms. The van der Waals surface area contributed by atoms with Crippen molar-refractivity contribution in [1.82, 2.24) is 15.5 Å². The second-order valence-corrected chi connectivity index (χ2v) is 4.18. The van der Waals surface area contributed by atoms with E-state index < -0.39 is 0 Å². The van der Waals surface area contributed by atoms with Gasteiger partial charge in [-0.2, -0.15) is 0 Å². The predicted molar refractivity (Wildman–Crippen MR) is 55.1 cm³/mol. The normalized spacial score (nSPS) is 28.6. The molecule has 4 nitrogen and oxygen atoms in total. The number of rotatable bonds is 2. The lowest BCUT2D eigenvalue weighted by Crippen LogP contribution is -2.56. The zero-order valence-electron chi connectivity index (χ0n) is 8.75. The van der Waals surface area contributed by atoms with Gasteiger partial charge in [-0.25, -0.2) is 0 Å². The van der Waals surface area contributed by atoms with Gasteiger partial charge < -0.3 is 15.5 Å². The van der Waals surface area contributed by atoms with Crippen LogP contribution in [0.2, 0.25) is 0 Å². The van der Waals surface area contributed by atoms with Crippen LogP contribution in [-0.2, 0) is 4.79 Å². The molecule has 2 saturated heterocycles. The summed E-state index contributed by atoms with van der Waals surface area (Å²) in [6.07, 6.45) is 3.20. The summed E-state index contributed by atoms with van der Waals surface area (Å²) < 4.78 is 0. The third-order valence-corrected chi connectivity index (χ3v) is 3.34. The average molecular weight is 197 g/mol. The fourth-order valence-corrected chi connectivity index (χ4v) is 2.11. The molecule has 2 N–H and O–H groups in total. The molecule has 0 aromatic rings. The zero-order chi connectivity index (χ0) is 9.97. The van der Waals surface area contributed by atoms with E-state index >= 15 is 0 Å². The van der Waals surface area contributed by atoms with Crippen LogP contribution < -0.4 is 10.6 Å². The lowest BCUT2D eigenvalue weighted by Gasteiger charge is -2.37. The van der Waals surface area contributed by atoms with Gasteiger partial charge in [-0.3, -0.25) is 4.79 Å². The smallest absolute Gasteiger partial charge is 0.239 e. The number of amides is 1. The zero-order valence-corrected chi connectivity index (χ0v) is 8.75. The fourth-order valence-electron chi connectivity index (χ4n) is 2.11. The Bertz CT molecular complexity index is 207. The first-order valence-corrected chi connectivity index (χ1v) is 5.50. The van der Waals surface area contributed by atoms with Crippen molar-refractivity contribution in [2.24, 2.45) is 0 Å². The van der Waals surface area contributed by atoms with Crippen molar-refractivity contribution in [2.75, 3.05) is 26.7 Å². The summed E-state index contributed by atoms with van der Waals surface area (Å²) in [5.41, 5.74) is 0. The second kappa shape index (κ2) is 4.28. The third kappa shape index (κ3) is 1.91. The largest absolute Gasteiger partial charge is 0.341 e. The van der Waals surface area contributed by atoms with Gasteiger partial charge in [-0.15, -0.1) is 0 Å². The maximum absolute atomic E-state index is 11.8. The maximum Gasteiger partial charge on any atom is 0.239 e. The standard InChI is InChI=1S/C10H19N3O/c1-11-8-3-6-13(7-4-8)10(14)9-2-5-12-9/h8-9,11-12H,2-7H2,1H3/t9-/m1/s1. The fraction of sp³-hybridized carbons (Fsp3) is 0.900. The molecule has 0 saturated carbocycles. The Morgan fingerprint density at radius 3 is 2.43 bits per heavy atom. The van der Waals surface area contributed by atoms with Gasteiger partial charge in [-0.1, -0.05) is 0 Å². The lowest BCUT2D eigenvalue weighted by molar-refractivity contribution is -0.136.